The van der Waals surface area contributed by atoms with E-state index in [1.807, 2.05) is 0 Å². The third-order valence-corrected chi connectivity index (χ3v) is 13.2. The first-order chi connectivity index (χ1) is 38.3. The summed E-state index contributed by atoms with van der Waals surface area (Å²) in [6.07, 6.45) is -9.37. The van der Waals surface area contributed by atoms with Crippen molar-refractivity contribution < 1.29 is 79.6 Å². The highest BCUT2D eigenvalue weighted by Gasteiger charge is 2.36. The van der Waals surface area contributed by atoms with Crippen LogP contribution in [0.25, 0.3) is 44.5 Å². The molecule has 0 radical (unpaired) electrons. The summed E-state index contributed by atoms with van der Waals surface area (Å²) in [5.41, 5.74) is 2.45. The van der Waals surface area contributed by atoms with Crippen molar-refractivity contribution in [2.75, 3.05) is 21.7 Å². The number of esters is 2. The van der Waals surface area contributed by atoms with Crippen LogP contribution in [0.2, 0.25) is 0 Å². The van der Waals surface area contributed by atoms with Crippen molar-refractivity contribution in [1.29, 1.82) is 0 Å². The lowest BCUT2D eigenvalue weighted by Crippen LogP contribution is -2.18. The number of anilines is 4. The Morgan fingerprint density at radius 3 is 1.30 bits per heavy atom. The molecule has 8 aromatic carbocycles. The molecule has 0 spiro atoms. The van der Waals surface area contributed by atoms with E-state index in [0.717, 1.165) is 30.3 Å². The number of rotatable bonds is 13. The molecule has 15 nitrogen and oxygen atoms in total. The largest absolute Gasteiger partial charge is 0.478 e. The fourth-order valence-electron chi connectivity index (χ4n) is 9.30. The van der Waals surface area contributed by atoms with Crippen LogP contribution in [0.5, 0.6) is 0 Å². The Labute approximate surface area is 453 Å². The number of carbonyl (C=O) groups is 8. The number of nitrogens with one attached hydrogen (secondary N) is 3. The van der Waals surface area contributed by atoms with Crippen LogP contribution >= 0.6 is 0 Å². The summed E-state index contributed by atoms with van der Waals surface area (Å²) in [6, 6.07) is 29.8. The number of halogens is 6. The molecule has 406 valence electrons. The molecule has 7 N–H and O–H groups in total. The summed E-state index contributed by atoms with van der Waals surface area (Å²) in [6.45, 7) is 2.99. The van der Waals surface area contributed by atoms with Gasteiger partial charge in [-0.1, -0.05) is 54.6 Å². The lowest BCUT2D eigenvalue weighted by atomic mass is 9.94. The fourth-order valence-corrected chi connectivity index (χ4v) is 9.30. The summed E-state index contributed by atoms with van der Waals surface area (Å²) >= 11 is 0. The molecule has 0 fully saturated rings. The number of ether oxygens (including phenoxy) is 1. The van der Waals surface area contributed by atoms with Gasteiger partial charge in [-0.05, 0) is 160 Å². The number of hydrogen-bond acceptors (Lipinski definition) is 10. The number of alkyl halides is 6. The Hall–Kier alpha value is -10.7. The van der Waals surface area contributed by atoms with Gasteiger partial charge in [0.15, 0.2) is 6.29 Å². The summed E-state index contributed by atoms with van der Waals surface area (Å²) in [5.74, 6) is -7.61. The van der Waals surface area contributed by atoms with E-state index < -0.39 is 87.5 Å². The monoisotopic (exact) mass is 1100 g/mol. The van der Waals surface area contributed by atoms with Gasteiger partial charge in [0.05, 0.1) is 50.1 Å². The van der Waals surface area contributed by atoms with Crippen LogP contribution in [0.3, 0.4) is 0 Å². The maximum absolute atomic E-state index is 14.9. The smallest absolute Gasteiger partial charge is 0.417 e. The lowest BCUT2D eigenvalue weighted by molar-refractivity contribution is -0.137. The summed E-state index contributed by atoms with van der Waals surface area (Å²) < 4.78 is 91.2. The first-order valence-electron chi connectivity index (χ1n) is 23.9. The third kappa shape index (κ3) is 11.2. The second-order valence-electron chi connectivity index (χ2n) is 18.5. The molecule has 0 atom stereocenters. The zero-order chi connectivity index (χ0) is 58.4. The first-order valence-corrected chi connectivity index (χ1v) is 23.9. The van der Waals surface area contributed by atoms with E-state index in [9.17, 15) is 74.9 Å². The number of hydrogen-bond donors (Lipinski definition) is 6. The molecule has 0 aromatic heterocycles. The Morgan fingerprint density at radius 2 is 0.827 bits per heavy atom. The fraction of sp³-hybridized carbons (Fsp3) is 0.0667. The molecule has 0 bridgehead atoms. The van der Waals surface area contributed by atoms with Crippen LogP contribution in [-0.4, -0.2) is 58.1 Å². The number of aromatic carboxylic acids is 2. The highest BCUT2D eigenvalue weighted by atomic mass is 19.4. The van der Waals surface area contributed by atoms with Crippen LogP contribution in [-0.2, 0) is 17.1 Å². The van der Waals surface area contributed by atoms with Crippen LogP contribution in [0.4, 0.5) is 49.1 Å². The highest BCUT2D eigenvalue weighted by molar-refractivity contribution is 6.16. The van der Waals surface area contributed by atoms with Crippen molar-refractivity contribution in [3.63, 3.8) is 0 Å². The van der Waals surface area contributed by atoms with Gasteiger partial charge in [-0.15, -0.1) is 0 Å². The van der Waals surface area contributed by atoms with E-state index in [1.54, 1.807) is 0 Å². The Kier molecular flexibility index (Phi) is 14.5. The molecule has 0 unspecified atom stereocenters. The van der Waals surface area contributed by atoms with E-state index in [-0.39, 0.29) is 83.8 Å². The number of aryl methyl sites for hydroxylation is 2. The van der Waals surface area contributed by atoms with Crippen molar-refractivity contribution in [2.24, 2.45) is 0 Å². The number of nitrogens with two attached hydrogens (primary N) is 1. The first kappa shape index (κ1) is 55.1. The summed E-state index contributed by atoms with van der Waals surface area (Å²) in [5, 5.41) is 27.5. The molecule has 3 amide bonds. The average molecular weight is 1100 g/mol. The van der Waals surface area contributed by atoms with Gasteiger partial charge in [-0.2, -0.15) is 26.3 Å². The van der Waals surface area contributed by atoms with E-state index in [2.05, 4.69) is 20.7 Å². The molecule has 21 heteroatoms. The molecule has 1 aliphatic rings. The van der Waals surface area contributed by atoms with Crippen molar-refractivity contribution in [3.05, 3.63) is 212 Å². The number of benzene rings is 8. The van der Waals surface area contributed by atoms with Crippen molar-refractivity contribution in [3.8, 4) is 44.5 Å². The highest BCUT2D eigenvalue weighted by Crippen LogP contribution is 2.42. The average Bonchev–Trinajstić information content (AvgIpc) is 3.98. The van der Waals surface area contributed by atoms with Crippen LogP contribution in [0.1, 0.15) is 105 Å². The predicted octanol–water partition coefficient (Wildman–Crippen LogP) is 12.9. The zero-order valence-corrected chi connectivity index (χ0v) is 41.8. The van der Waals surface area contributed by atoms with Crippen LogP contribution < -0.4 is 21.7 Å². The maximum Gasteiger partial charge on any atom is 0.417 e. The Balaban J connectivity index is 0.947. The number of fused-ring (bicyclic) bond motifs is 1. The standard InChI is InChI=1S/C60H38F6N4O11/c1-28-19-36(9-16-39(28)41-15-8-35(67)25-50(41)59(61,62)63)68-52(72)46-21-30(3-4-34(46)27-71)31-5-12-44(56(77)78)48(22-31)54(74)70-38-11-18-42(51(26-38)60(64,65)66)40-17-10-37(20-29(40)2)69-53(73)47-23-32(6-13-43(47)55(75)76)33-7-14-45-49(24-33)58(80)81-57(45)79/h3-27H,67H2,1-2H3,(H,68,72)(H,69,73)(H,70,74)(H,75,76)(H,77,78). The minimum atomic E-state index is -5.04. The molecule has 1 aliphatic heterocycles. The molecular formula is C60H38F6N4O11. The maximum atomic E-state index is 14.9. The topological polar surface area (TPSA) is 248 Å². The van der Waals surface area contributed by atoms with E-state index in [0.29, 0.717) is 29.0 Å². The van der Waals surface area contributed by atoms with Gasteiger partial charge < -0.3 is 36.6 Å². The number of nitrogen functional groups attached to an aromatic ring is 1. The van der Waals surface area contributed by atoms with E-state index in [1.165, 1.54) is 123 Å². The lowest BCUT2D eigenvalue weighted by Gasteiger charge is -2.18. The third-order valence-electron chi connectivity index (χ3n) is 13.2. The summed E-state index contributed by atoms with van der Waals surface area (Å²) in [4.78, 5) is 102. The Morgan fingerprint density at radius 1 is 0.444 bits per heavy atom. The summed E-state index contributed by atoms with van der Waals surface area (Å²) in [7, 11) is 0. The van der Waals surface area contributed by atoms with Gasteiger partial charge in [-0.25, -0.2) is 19.2 Å². The van der Waals surface area contributed by atoms with Gasteiger partial charge in [0.1, 0.15) is 0 Å². The van der Waals surface area contributed by atoms with Crippen LogP contribution in [0, 0.1) is 13.8 Å². The molecule has 8 aromatic rings. The van der Waals surface area contributed by atoms with Crippen molar-refractivity contribution in [2.45, 2.75) is 26.2 Å². The van der Waals surface area contributed by atoms with Crippen molar-refractivity contribution in [1.82, 2.24) is 0 Å². The predicted molar refractivity (Wildman–Crippen MR) is 284 cm³/mol. The quantitative estimate of drug-likeness (QED) is 0.0207. The zero-order valence-electron chi connectivity index (χ0n) is 41.8. The van der Waals surface area contributed by atoms with Gasteiger partial charge in [0.25, 0.3) is 17.7 Å². The van der Waals surface area contributed by atoms with E-state index in [4.69, 9.17) is 5.73 Å². The number of aldehydes is 1. The molecular weight excluding hydrogens is 1070 g/mol. The Bertz CT molecular complexity index is 4060. The molecule has 81 heavy (non-hydrogen) atoms. The minimum Gasteiger partial charge on any atom is -0.478 e. The van der Waals surface area contributed by atoms with Gasteiger partial charge >= 0.3 is 36.2 Å². The normalized spacial score (nSPS) is 12.0. The number of carboxylic acid groups (broad SMARTS) is 2. The SMILES string of the molecule is Cc1cc(NC(=O)c2cc(-c3ccc(C(=O)O)c(C(=O)Nc4ccc(-c5ccc(NC(=O)c6cc(-c7ccc8c(c7)C(=O)OC8=O)ccc6C(=O)O)cc5C)c(C(F)(F)F)c4)c3)ccc2C=O)ccc1-c1ccc(N)cc1C(F)(F)F. The van der Waals surface area contributed by atoms with Crippen molar-refractivity contribution >= 4 is 70.6 Å². The van der Waals surface area contributed by atoms with Gasteiger partial charge in [0.2, 0.25) is 0 Å². The van der Waals surface area contributed by atoms with E-state index >= 15 is 0 Å². The van der Waals surface area contributed by atoms with Gasteiger partial charge in [-0.3, -0.25) is 19.2 Å². The molecule has 1 heterocycles. The molecule has 0 saturated carbocycles. The molecule has 0 saturated heterocycles. The molecule has 0 aliphatic carbocycles. The number of amides is 3. The minimum absolute atomic E-state index is 0.0237. The second kappa shape index (κ2) is 21.3. The number of cyclic esters (lactones) is 2. The van der Waals surface area contributed by atoms with Crippen LogP contribution in [0.15, 0.2) is 146 Å². The van der Waals surface area contributed by atoms with Gasteiger partial charge in [0, 0.05) is 28.3 Å². The number of carbonyl (C=O) groups excluding carboxylic acids is 6. The second-order valence-corrected chi connectivity index (χ2v) is 18.5. The number of carboxylic acids is 2. The molecule has 9 rings (SSSR count).